The number of aryl methyl sites for hydroxylation is 1. The molecule has 0 bridgehead atoms. The van der Waals surface area contributed by atoms with Crippen molar-refractivity contribution in [3.05, 3.63) is 53.7 Å². The Morgan fingerprint density at radius 3 is 2.65 bits per heavy atom. The van der Waals surface area contributed by atoms with Crippen LogP contribution in [0.25, 0.3) is 0 Å². The normalized spacial score (nSPS) is 10.8. The van der Waals surface area contributed by atoms with Crippen molar-refractivity contribution in [2.45, 2.75) is 18.2 Å². The van der Waals surface area contributed by atoms with Gasteiger partial charge in [-0.05, 0) is 30.7 Å². The average Bonchev–Trinajstić information content (AvgIpc) is 2.47. The first-order valence-electron chi connectivity index (χ1n) is 6.04. The molecule has 0 amide bonds. The Kier molecular flexibility index (Phi) is 4.01. The third kappa shape index (κ3) is 2.95. The fourth-order valence-electron chi connectivity index (χ4n) is 1.72. The Morgan fingerprint density at radius 2 is 1.95 bits per heavy atom. The molecular formula is C14H13N3O2S. The molecule has 0 unspecified atom stereocenters. The van der Waals surface area contributed by atoms with Crippen molar-refractivity contribution < 1.29 is 8.42 Å². The third-order valence-electron chi connectivity index (χ3n) is 2.70. The molecule has 0 aliphatic carbocycles. The molecule has 102 valence electrons. The lowest BCUT2D eigenvalue weighted by atomic mass is 10.2. The molecule has 0 aliphatic rings. The molecular weight excluding hydrogens is 274 g/mol. The van der Waals surface area contributed by atoms with E-state index >= 15 is 0 Å². The van der Waals surface area contributed by atoms with Crippen molar-refractivity contribution in [3.63, 3.8) is 0 Å². The Morgan fingerprint density at radius 1 is 1.20 bits per heavy atom. The van der Waals surface area contributed by atoms with Crippen LogP contribution in [0.3, 0.4) is 0 Å². The molecule has 0 radical (unpaired) electrons. The summed E-state index contributed by atoms with van der Waals surface area (Å²) in [5, 5.41) is 8.97. The number of nitriles is 1. The standard InChI is InChI=1S/C14H13N3O2S/c1-2-12-7-5-9-14(16-12)17-20(18,19)13-8-4-3-6-11(13)10-15/h3-9H,2H2,1H3,(H,16,17). The van der Waals surface area contributed by atoms with Crippen LogP contribution >= 0.6 is 0 Å². The fourth-order valence-corrected chi connectivity index (χ4v) is 2.88. The molecule has 1 aromatic carbocycles. The SMILES string of the molecule is CCc1cccc(NS(=O)(=O)c2ccccc2C#N)n1. The molecule has 1 N–H and O–H groups in total. The van der Waals surface area contributed by atoms with Crippen molar-refractivity contribution in [2.24, 2.45) is 0 Å². The third-order valence-corrected chi connectivity index (χ3v) is 4.12. The molecule has 20 heavy (non-hydrogen) atoms. The maximum atomic E-state index is 12.3. The number of nitrogens with one attached hydrogen (secondary N) is 1. The minimum Gasteiger partial charge on any atom is -0.263 e. The van der Waals surface area contributed by atoms with Crippen LogP contribution in [0.1, 0.15) is 18.2 Å². The van der Waals surface area contributed by atoms with Gasteiger partial charge < -0.3 is 0 Å². The first-order valence-corrected chi connectivity index (χ1v) is 7.53. The topological polar surface area (TPSA) is 82.9 Å². The number of hydrogen-bond donors (Lipinski definition) is 1. The Bertz CT molecular complexity index is 764. The van der Waals surface area contributed by atoms with E-state index in [4.69, 9.17) is 5.26 Å². The van der Waals surface area contributed by atoms with Gasteiger partial charge in [0.1, 0.15) is 16.8 Å². The van der Waals surface area contributed by atoms with Crippen molar-refractivity contribution in [1.29, 1.82) is 5.26 Å². The van der Waals surface area contributed by atoms with Crippen molar-refractivity contribution >= 4 is 15.8 Å². The van der Waals surface area contributed by atoms with Gasteiger partial charge in [0.25, 0.3) is 10.0 Å². The molecule has 0 saturated heterocycles. The van der Waals surface area contributed by atoms with Crippen LogP contribution < -0.4 is 4.72 Å². The summed E-state index contributed by atoms with van der Waals surface area (Å²) < 4.78 is 27.0. The van der Waals surface area contributed by atoms with Gasteiger partial charge in [-0.15, -0.1) is 0 Å². The quantitative estimate of drug-likeness (QED) is 0.935. The van der Waals surface area contributed by atoms with E-state index < -0.39 is 10.0 Å². The molecule has 5 nitrogen and oxygen atoms in total. The maximum Gasteiger partial charge on any atom is 0.264 e. The van der Waals surface area contributed by atoms with Crippen LogP contribution in [0.2, 0.25) is 0 Å². The summed E-state index contributed by atoms with van der Waals surface area (Å²) in [4.78, 5) is 4.13. The lowest BCUT2D eigenvalue weighted by Crippen LogP contribution is -2.15. The number of nitrogens with zero attached hydrogens (tertiary/aromatic N) is 2. The van der Waals surface area contributed by atoms with Crippen molar-refractivity contribution in [2.75, 3.05) is 4.72 Å². The smallest absolute Gasteiger partial charge is 0.263 e. The van der Waals surface area contributed by atoms with Crippen LogP contribution in [-0.2, 0) is 16.4 Å². The highest BCUT2D eigenvalue weighted by Gasteiger charge is 2.18. The van der Waals surface area contributed by atoms with Gasteiger partial charge in [-0.3, -0.25) is 4.72 Å². The van der Waals surface area contributed by atoms with Gasteiger partial charge in [0.2, 0.25) is 0 Å². The lowest BCUT2D eigenvalue weighted by molar-refractivity contribution is 0.601. The van der Waals surface area contributed by atoms with Gasteiger partial charge in [0, 0.05) is 5.69 Å². The summed E-state index contributed by atoms with van der Waals surface area (Å²) in [5.41, 5.74) is 0.894. The second-order valence-corrected chi connectivity index (χ2v) is 5.73. The zero-order chi connectivity index (χ0) is 14.6. The van der Waals surface area contributed by atoms with Gasteiger partial charge >= 0.3 is 0 Å². The molecule has 1 aromatic heterocycles. The number of pyridine rings is 1. The Hall–Kier alpha value is -2.39. The Balaban J connectivity index is 2.39. The fraction of sp³-hybridized carbons (Fsp3) is 0.143. The monoisotopic (exact) mass is 287 g/mol. The summed E-state index contributed by atoms with van der Waals surface area (Å²) in [6.45, 7) is 1.94. The minimum atomic E-state index is -3.82. The first-order chi connectivity index (χ1) is 9.56. The summed E-state index contributed by atoms with van der Waals surface area (Å²) in [7, 11) is -3.82. The van der Waals surface area contributed by atoms with E-state index in [1.807, 2.05) is 19.1 Å². The predicted molar refractivity (Wildman–Crippen MR) is 75.6 cm³/mol. The molecule has 1 heterocycles. The molecule has 6 heteroatoms. The minimum absolute atomic E-state index is 0.0498. The molecule has 0 spiro atoms. The average molecular weight is 287 g/mol. The highest BCUT2D eigenvalue weighted by Crippen LogP contribution is 2.18. The van der Waals surface area contributed by atoms with Crippen LogP contribution in [0.5, 0.6) is 0 Å². The van der Waals surface area contributed by atoms with Crippen LogP contribution in [-0.4, -0.2) is 13.4 Å². The van der Waals surface area contributed by atoms with E-state index in [2.05, 4.69) is 9.71 Å². The summed E-state index contributed by atoms with van der Waals surface area (Å²) in [6, 6.07) is 13.1. The van der Waals surface area contributed by atoms with Crippen LogP contribution in [0.4, 0.5) is 5.82 Å². The van der Waals surface area contributed by atoms with E-state index in [1.165, 1.54) is 12.1 Å². The number of hydrogen-bond acceptors (Lipinski definition) is 4. The number of rotatable bonds is 4. The molecule has 0 aliphatic heterocycles. The summed E-state index contributed by atoms with van der Waals surface area (Å²) in [6.07, 6.45) is 0.713. The number of sulfonamides is 1. The van der Waals surface area contributed by atoms with Crippen LogP contribution in [0, 0.1) is 11.3 Å². The van der Waals surface area contributed by atoms with Gasteiger partial charge in [0.05, 0.1) is 5.56 Å². The summed E-state index contributed by atoms with van der Waals surface area (Å²) >= 11 is 0. The highest BCUT2D eigenvalue weighted by molar-refractivity contribution is 7.92. The second-order valence-electron chi connectivity index (χ2n) is 4.08. The van der Waals surface area contributed by atoms with Gasteiger partial charge in [-0.2, -0.15) is 5.26 Å². The number of aromatic nitrogens is 1. The van der Waals surface area contributed by atoms with E-state index in [-0.39, 0.29) is 16.3 Å². The van der Waals surface area contributed by atoms with E-state index in [1.54, 1.807) is 24.3 Å². The second kappa shape index (κ2) is 5.72. The highest BCUT2D eigenvalue weighted by atomic mass is 32.2. The number of benzene rings is 1. The van der Waals surface area contributed by atoms with Crippen LogP contribution in [0.15, 0.2) is 47.4 Å². The molecule has 0 fully saturated rings. The maximum absolute atomic E-state index is 12.3. The lowest BCUT2D eigenvalue weighted by Gasteiger charge is -2.09. The summed E-state index contributed by atoms with van der Waals surface area (Å²) in [5.74, 6) is 0.247. The zero-order valence-corrected chi connectivity index (χ0v) is 11.7. The first kappa shape index (κ1) is 14.0. The van der Waals surface area contributed by atoms with Crippen molar-refractivity contribution in [3.8, 4) is 6.07 Å². The molecule has 0 saturated carbocycles. The molecule has 2 rings (SSSR count). The van der Waals surface area contributed by atoms with E-state index in [0.717, 1.165) is 5.69 Å². The van der Waals surface area contributed by atoms with Gasteiger partial charge in [-0.1, -0.05) is 25.1 Å². The molecule has 2 aromatic rings. The van der Waals surface area contributed by atoms with E-state index in [9.17, 15) is 8.42 Å². The Labute approximate surface area is 118 Å². The zero-order valence-electron chi connectivity index (χ0n) is 10.9. The van der Waals surface area contributed by atoms with Crippen molar-refractivity contribution in [1.82, 2.24) is 4.98 Å². The predicted octanol–water partition coefficient (Wildman–Crippen LogP) is 2.32. The molecule has 0 atom stereocenters. The largest absolute Gasteiger partial charge is 0.264 e. The van der Waals surface area contributed by atoms with Gasteiger partial charge in [0.15, 0.2) is 0 Å². The van der Waals surface area contributed by atoms with E-state index in [0.29, 0.717) is 6.42 Å². The van der Waals surface area contributed by atoms with Gasteiger partial charge in [-0.25, -0.2) is 13.4 Å². The number of anilines is 1.